The predicted molar refractivity (Wildman–Crippen MR) is 77.0 cm³/mol. The summed E-state index contributed by atoms with van der Waals surface area (Å²) in [7, 11) is 0. The first-order valence-electron chi connectivity index (χ1n) is 6.31. The molecule has 1 saturated carbocycles. The van der Waals surface area contributed by atoms with E-state index in [9.17, 15) is 5.26 Å². The van der Waals surface area contributed by atoms with E-state index in [-0.39, 0.29) is 0 Å². The number of pyridine rings is 1. The lowest BCUT2D eigenvalue weighted by atomic mass is 10.1. The molecule has 0 spiro atoms. The van der Waals surface area contributed by atoms with Crippen LogP contribution in [0.5, 0.6) is 0 Å². The maximum absolute atomic E-state index is 9.23. The van der Waals surface area contributed by atoms with Crippen LogP contribution in [-0.2, 0) is 0 Å². The number of hydrogen-bond acceptors (Lipinski definition) is 4. The van der Waals surface area contributed by atoms with E-state index in [1.807, 2.05) is 31.7 Å². The average Bonchev–Trinajstić information content (AvgIpc) is 2.76. The number of nitriles is 1. The molecule has 1 aromatic rings. The van der Waals surface area contributed by atoms with Crippen LogP contribution in [0.25, 0.3) is 0 Å². The number of aryl methyl sites for hydroxylation is 2. The van der Waals surface area contributed by atoms with E-state index < -0.39 is 0 Å². The Morgan fingerprint density at radius 3 is 2.83 bits per heavy atom. The Morgan fingerprint density at radius 1 is 1.44 bits per heavy atom. The van der Waals surface area contributed by atoms with Crippen LogP contribution in [0.1, 0.15) is 36.2 Å². The van der Waals surface area contributed by atoms with Crippen molar-refractivity contribution >= 4 is 17.4 Å². The lowest BCUT2D eigenvalue weighted by Gasteiger charge is -2.16. The minimum atomic E-state index is 0.496. The molecule has 4 heteroatoms. The SMILES string of the molecule is CSC1CCC(Nc2cc(C)nc(C)c2C#N)C1. The van der Waals surface area contributed by atoms with E-state index in [0.29, 0.717) is 11.6 Å². The zero-order valence-electron chi connectivity index (χ0n) is 11.2. The highest BCUT2D eigenvalue weighted by Gasteiger charge is 2.24. The number of nitrogens with one attached hydrogen (secondary N) is 1. The van der Waals surface area contributed by atoms with Gasteiger partial charge in [0.05, 0.1) is 16.9 Å². The van der Waals surface area contributed by atoms with E-state index in [4.69, 9.17) is 0 Å². The minimum absolute atomic E-state index is 0.496. The lowest BCUT2D eigenvalue weighted by Crippen LogP contribution is -2.17. The van der Waals surface area contributed by atoms with Crippen molar-refractivity contribution in [1.82, 2.24) is 4.98 Å². The van der Waals surface area contributed by atoms with Gasteiger partial charge in [0.15, 0.2) is 0 Å². The largest absolute Gasteiger partial charge is 0.381 e. The molecule has 1 aliphatic rings. The summed E-state index contributed by atoms with van der Waals surface area (Å²) in [6.07, 6.45) is 5.82. The van der Waals surface area contributed by atoms with Crippen molar-refractivity contribution in [2.24, 2.45) is 0 Å². The molecule has 1 fully saturated rings. The van der Waals surface area contributed by atoms with Gasteiger partial charge < -0.3 is 5.32 Å². The molecule has 1 aromatic heterocycles. The van der Waals surface area contributed by atoms with Gasteiger partial charge in [0.25, 0.3) is 0 Å². The molecule has 1 N–H and O–H groups in total. The molecular weight excluding hydrogens is 242 g/mol. The molecule has 2 rings (SSSR count). The predicted octanol–water partition coefficient (Wildman–Crippen LogP) is 3.27. The van der Waals surface area contributed by atoms with Crippen LogP contribution in [0.15, 0.2) is 6.07 Å². The molecule has 2 atom stereocenters. The lowest BCUT2D eigenvalue weighted by molar-refractivity contribution is 0.756. The molecule has 0 aromatic carbocycles. The van der Waals surface area contributed by atoms with Crippen LogP contribution < -0.4 is 5.32 Å². The number of rotatable bonds is 3. The van der Waals surface area contributed by atoms with E-state index in [1.165, 1.54) is 19.3 Å². The van der Waals surface area contributed by atoms with Crippen LogP contribution >= 0.6 is 11.8 Å². The van der Waals surface area contributed by atoms with E-state index >= 15 is 0 Å². The van der Waals surface area contributed by atoms with Crippen LogP contribution in [0.4, 0.5) is 5.69 Å². The minimum Gasteiger partial charge on any atom is -0.381 e. The van der Waals surface area contributed by atoms with Crippen LogP contribution in [0.2, 0.25) is 0 Å². The van der Waals surface area contributed by atoms with Crippen molar-refractivity contribution in [2.45, 2.75) is 44.4 Å². The van der Waals surface area contributed by atoms with Gasteiger partial charge in [-0.1, -0.05) is 0 Å². The van der Waals surface area contributed by atoms with Crippen LogP contribution in [-0.4, -0.2) is 22.5 Å². The first kappa shape index (κ1) is 13.2. The summed E-state index contributed by atoms with van der Waals surface area (Å²) in [5.41, 5.74) is 3.43. The topological polar surface area (TPSA) is 48.7 Å². The second kappa shape index (κ2) is 5.62. The fraction of sp³-hybridized carbons (Fsp3) is 0.571. The Morgan fingerprint density at radius 2 is 2.22 bits per heavy atom. The Hall–Kier alpha value is -1.21. The molecule has 2 unspecified atom stereocenters. The fourth-order valence-electron chi connectivity index (χ4n) is 2.59. The van der Waals surface area contributed by atoms with Gasteiger partial charge in [-0.2, -0.15) is 17.0 Å². The summed E-state index contributed by atoms with van der Waals surface area (Å²) >= 11 is 1.95. The molecule has 0 amide bonds. The molecule has 0 radical (unpaired) electrons. The monoisotopic (exact) mass is 261 g/mol. The molecule has 18 heavy (non-hydrogen) atoms. The molecule has 0 saturated heterocycles. The maximum atomic E-state index is 9.23. The van der Waals surface area contributed by atoms with Gasteiger partial charge in [-0.3, -0.25) is 4.98 Å². The number of aromatic nitrogens is 1. The Bertz CT molecular complexity index is 479. The van der Waals surface area contributed by atoms with Gasteiger partial charge in [0.2, 0.25) is 0 Å². The molecule has 0 bridgehead atoms. The standard InChI is InChI=1S/C14H19N3S/c1-9-6-14(13(8-15)10(2)16-9)17-11-4-5-12(7-11)18-3/h6,11-12H,4-5,7H2,1-3H3,(H,16,17). The van der Waals surface area contributed by atoms with Crippen molar-refractivity contribution in [3.63, 3.8) is 0 Å². The van der Waals surface area contributed by atoms with Crippen molar-refractivity contribution in [2.75, 3.05) is 11.6 Å². The second-order valence-corrected chi connectivity index (χ2v) is 6.03. The molecule has 0 aliphatic heterocycles. The number of thioether (sulfide) groups is 1. The molecule has 1 aliphatic carbocycles. The molecule has 3 nitrogen and oxygen atoms in total. The van der Waals surface area contributed by atoms with Crippen LogP contribution in [0.3, 0.4) is 0 Å². The van der Waals surface area contributed by atoms with Gasteiger partial charge in [-0.05, 0) is 45.4 Å². The highest BCUT2D eigenvalue weighted by molar-refractivity contribution is 7.99. The third kappa shape index (κ3) is 2.78. The van der Waals surface area contributed by atoms with E-state index in [1.54, 1.807) is 0 Å². The Balaban J connectivity index is 2.17. The van der Waals surface area contributed by atoms with Crippen molar-refractivity contribution < 1.29 is 0 Å². The quantitative estimate of drug-likeness (QED) is 0.907. The van der Waals surface area contributed by atoms with Crippen molar-refractivity contribution in [3.05, 3.63) is 23.0 Å². The fourth-order valence-corrected chi connectivity index (χ4v) is 3.39. The van der Waals surface area contributed by atoms with Crippen molar-refractivity contribution in [1.29, 1.82) is 5.26 Å². The highest BCUT2D eigenvalue weighted by atomic mass is 32.2. The van der Waals surface area contributed by atoms with E-state index in [0.717, 1.165) is 22.3 Å². The maximum Gasteiger partial charge on any atom is 0.103 e. The van der Waals surface area contributed by atoms with Gasteiger partial charge in [-0.15, -0.1) is 0 Å². The van der Waals surface area contributed by atoms with Gasteiger partial charge in [0, 0.05) is 17.0 Å². The summed E-state index contributed by atoms with van der Waals surface area (Å²) in [6.45, 7) is 3.87. The van der Waals surface area contributed by atoms with E-state index in [2.05, 4.69) is 22.6 Å². The summed E-state index contributed by atoms with van der Waals surface area (Å²) in [4.78, 5) is 4.34. The highest BCUT2D eigenvalue weighted by Crippen LogP contribution is 2.31. The van der Waals surface area contributed by atoms with Crippen LogP contribution in [0, 0.1) is 25.2 Å². The van der Waals surface area contributed by atoms with Gasteiger partial charge in [0.1, 0.15) is 6.07 Å². The Labute approximate surface area is 113 Å². The third-order valence-electron chi connectivity index (χ3n) is 3.52. The van der Waals surface area contributed by atoms with Gasteiger partial charge in [-0.25, -0.2) is 0 Å². The summed E-state index contributed by atoms with van der Waals surface area (Å²) < 4.78 is 0. The van der Waals surface area contributed by atoms with Crippen molar-refractivity contribution in [3.8, 4) is 6.07 Å². The van der Waals surface area contributed by atoms with Gasteiger partial charge >= 0.3 is 0 Å². The molecule has 1 heterocycles. The Kier molecular flexibility index (Phi) is 4.13. The summed E-state index contributed by atoms with van der Waals surface area (Å²) in [5, 5.41) is 13.5. The zero-order chi connectivity index (χ0) is 13.1. The number of nitrogens with zero attached hydrogens (tertiary/aromatic N) is 2. The molecular formula is C14H19N3S. The normalized spacial score (nSPS) is 22.8. The molecule has 96 valence electrons. The third-order valence-corrected chi connectivity index (χ3v) is 4.61. The first-order valence-corrected chi connectivity index (χ1v) is 7.60. The second-order valence-electron chi connectivity index (χ2n) is 4.90. The summed E-state index contributed by atoms with van der Waals surface area (Å²) in [5.74, 6) is 0. The zero-order valence-corrected chi connectivity index (χ0v) is 12.0. The average molecular weight is 261 g/mol. The smallest absolute Gasteiger partial charge is 0.103 e. The first-order chi connectivity index (χ1) is 8.63. The summed E-state index contributed by atoms with van der Waals surface area (Å²) in [6, 6.07) is 4.74. The number of hydrogen-bond donors (Lipinski definition) is 1. The number of anilines is 1.